The molecule has 1 atom stereocenters. The van der Waals surface area contributed by atoms with E-state index in [1.165, 1.54) is 6.07 Å². The number of hydrogen-bond acceptors (Lipinski definition) is 2. The molecule has 18 heavy (non-hydrogen) atoms. The molecule has 0 saturated carbocycles. The monoisotopic (exact) mass is 256 g/mol. The first-order valence-corrected chi connectivity index (χ1v) is 5.65. The van der Waals surface area contributed by atoms with Crippen molar-refractivity contribution in [3.8, 4) is 6.07 Å². The predicted molar refractivity (Wildman–Crippen MR) is 63.9 cm³/mol. The van der Waals surface area contributed by atoms with Crippen LogP contribution in [0.3, 0.4) is 0 Å². The van der Waals surface area contributed by atoms with Crippen LogP contribution in [0.2, 0.25) is 0 Å². The van der Waals surface area contributed by atoms with Crippen LogP contribution in [-0.2, 0) is 6.18 Å². The third-order valence-electron chi connectivity index (χ3n) is 2.69. The number of benzene rings is 1. The number of nitrogens with one attached hydrogen (secondary N) is 1. The lowest BCUT2D eigenvalue weighted by Gasteiger charge is -2.15. The number of hydrogen-bond donors (Lipinski definition) is 1. The first-order chi connectivity index (χ1) is 8.34. The fraction of sp³-hybridized carbons (Fsp3) is 0.462. The molecule has 0 aromatic heterocycles. The lowest BCUT2D eigenvalue weighted by Crippen LogP contribution is -2.18. The normalized spacial score (nSPS) is 13.2. The molecule has 0 radical (unpaired) electrons. The van der Waals surface area contributed by atoms with Gasteiger partial charge in [-0.3, -0.25) is 0 Å². The Kier molecular flexibility index (Phi) is 4.60. The number of anilines is 1. The molecule has 0 aliphatic heterocycles. The summed E-state index contributed by atoms with van der Waals surface area (Å²) < 4.78 is 37.4. The van der Waals surface area contributed by atoms with E-state index in [1.807, 2.05) is 13.8 Å². The van der Waals surface area contributed by atoms with E-state index < -0.39 is 11.7 Å². The fourth-order valence-electron chi connectivity index (χ4n) is 1.46. The summed E-state index contributed by atoms with van der Waals surface area (Å²) in [7, 11) is 0. The van der Waals surface area contributed by atoms with Crippen LogP contribution in [0, 0.1) is 23.2 Å². The van der Waals surface area contributed by atoms with E-state index in [2.05, 4.69) is 11.4 Å². The molecular weight excluding hydrogens is 241 g/mol. The van der Waals surface area contributed by atoms with Gasteiger partial charge in [-0.25, -0.2) is 0 Å². The van der Waals surface area contributed by atoms with Crippen molar-refractivity contribution in [2.45, 2.75) is 20.0 Å². The van der Waals surface area contributed by atoms with Crippen LogP contribution in [0.1, 0.15) is 19.4 Å². The van der Waals surface area contributed by atoms with Gasteiger partial charge in [0.25, 0.3) is 0 Å². The van der Waals surface area contributed by atoms with Crippen LogP contribution in [0.25, 0.3) is 0 Å². The summed E-state index contributed by atoms with van der Waals surface area (Å²) in [5.41, 5.74) is -0.309. The summed E-state index contributed by atoms with van der Waals surface area (Å²) in [6.45, 7) is 4.15. The molecule has 98 valence electrons. The zero-order valence-corrected chi connectivity index (χ0v) is 10.3. The fourth-order valence-corrected chi connectivity index (χ4v) is 1.46. The Labute approximate surface area is 104 Å². The Morgan fingerprint density at radius 1 is 1.33 bits per heavy atom. The number of halogens is 3. The second-order valence-corrected chi connectivity index (χ2v) is 4.44. The predicted octanol–water partition coefficient (Wildman–Crippen LogP) is 3.91. The van der Waals surface area contributed by atoms with Crippen LogP contribution >= 0.6 is 0 Å². The Morgan fingerprint density at radius 3 is 2.50 bits per heavy atom. The SMILES string of the molecule is CC(C)C(C#N)CNc1cccc(C(F)(F)F)c1. The van der Waals surface area contributed by atoms with Crippen LogP contribution < -0.4 is 5.32 Å². The van der Waals surface area contributed by atoms with Gasteiger partial charge in [0.15, 0.2) is 0 Å². The number of alkyl halides is 3. The molecule has 5 heteroatoms. The molecule has 1 rings (SSSR count). The van der Waals surface area contributed by atoms with Crippen molar-refractivity contribution in [2.24, 2.45) is 11.8 Å². The van der Waals surface area contributed by atoms with Crippen molar-refractivity contribution < 1.29 is 13.2 Å². The standard InChI is InChI=1S/C13H15F3N2/c1-9(2)10(7-17)8-18-12-5-3-4-11(6-12)13(14,15)16/h3-6,9-10,18H,8H2,1-2H3. The molecule has 1 aromatic rings. The van der Waals surface area contributed by atoms with Crippen molar-refractivity contribution in [3.63, 3.8) is 0 Å². The van der Waals surface area contributed by atoms with Crippen molar-refractivity contribution in [1.82, 2.24) is 0 Å². The van der Waals surface area contributed by atoms with Crippen LogP contribution in [0.15, 0.2) is 24.3 Å². The summed E-state index contributed by atoms with van der Waals surface area (Å²) in [5.74, 6) is -0.0622. The van der Waals surface area contributed by atoms with Gasteiger partial charge >= 0.3 is 6.18 Å². The average molecular weight is 256 g/mol. The molecule has 1 aromatic carbocycles. The zero-order valence-electron chi connectivity index (χ0n) is 10.3. The third-order valence-corrected chi connectivity index (χ3v) is 2.69. The molecule has 1 unspecified atom stereocenters. The first kappa shape index (κ1) is 14.4. The van der Waals surface area contributed by atoms with Crippen LogP contribution in [0.4, 0.5) is 18.9 Å². The molecular formula is C13H15F3N2. The van der Waals surface area contributed by atoms with Crippen molar-refractivity contribution in [2.75, 3.05) is 11.9 Å². The second-order valence-electron chi connectivity index (χ2n) is 4.44. The van der Waals surface area contributed by atoms with Crippen LogP contribution in [0.5, 0.6) is 0 Å². The molecule has 0 spiro atoms. The quantitative estimate of drug-likeness (QED) is 0.886. The first-order valence-electron chi connectivity index (χ1n) is 5.65. The van der Waals surface area contributed by atoms with Crippen molar-refractivity contribution >= 4 is 5.69 Å². The van der Waals surface area contributed by atoms with Gasteiger partial charge in [-0.1, -0.05) is 19.9 Å². The number of rotatable bonds is 4. The molecule has 1 N–H and O–H groups in total. The highest BCUT2D eigenvalue weighted by Gasteiger charge is 2.30. The zero-order chi connectivity index (χ0) is 13.8. The minimum Gasteiger partial charge on any atom is -0.384 e. The Balaban J connectivity index is 2.72. The largest absolute Gasteiger partial charge is 0.416 e. The summed E-state index contributed by atoms with van der Waals surface area (Å²) in [6.07, 6.45) is -4.34. The molecule has 0 amide bonds. The Hall–Kier alpha value is -1.70. The third kappa shape index (κ3) is 3.95. The average Bonchev–Trinajstić information content (AvgIpc) is 2.28. The lowest BCUT2D eigenvalue weighted by atomic mass is 9.97. The summed E-state index contributed by atoms with van der Waals surface area (Å²) in [6, 6.07) is 7.11. The number of nitriles is 1. The molecule has 0 saturated heterocycles. The van der Waals surface area contributed by atoms with E-state index in [9.17, 15) is 13.2 Å². The van der Waals surface area contributed by atoms with Gasteiger partial charge in [0.2, 0.25) is 0 Å². The molecule has 0 aliphatic rings. The molecule has 2 nitrogen and oxygen atoms in total. The van der Waals surface area contributed by atoms with E-state index >= 15 is 0 Å². The highest BCUT2D eigenvalue weighted by atomic mass is 19.4. The van der Waals surface area contributed by atoms with Gasteiger partial charge in [-0.05, 0) is 24.1 Å². The summed E-state index contributed by atoms with van der Waals surface area (Å²) in [4.78, 5) is 0. The van der Waals surface area contributed by atoms with Gasteiger partial charge in [-0.2, -0.15) is 18.4 Å². The van der Waals surface area contributed by atoms with Gasteiger partial charge in [0.05, 0.1) is 17.6 Å². The lowest BCUT2D eigenvalue weighted by molar-refractivity contribution is -0.137. The van der Waals surface area contributed by atoms with Crippen molar-refractivity contribution in [1.29, 1.82) is 5.26 Å². The van der Waals surface area contributed by atoms with Gasteiger partial charge in [0.1, 0.15) is 0 Å². The van der Waals surface area contributed by atoms with Gasteiger partial charge < -0.3 is 5.32 Å². The molecule has 0 heterocycles. The van der Waals surface area contributed by atoms with E-state index in [-0.39, 0.29) is 11.8 Å². The Bertz CT molecular complexity index is 433. The molecule has 0 aliphatic carbocycles. The maximum atomic E-state index is 12.5. The highest BCUT2D eigenvalue weighted by Crippen LogP contribution is 2.30. The van der Waals surface area contributed by atoms with E-state index in [1.54, 1.807) is 6.07 Å². The number of nitrogens with zero attached hydrogens (tertiary/aromatic N) is 1. The van der Waals surface area contributed by atoms with E-state index in [0.29, 0.717) is 12.2 Å². The van der Waals surface area contributed by atoms with E-state index in [0.717, 1.165) is 12.1 Å². The summed E-state index contributed by atoms with van der Waals surface area (Å²) in [5, 5.41) is 11.8. The van der Waals surface area contributed by atoms with E-state index in [4.69, 9.17) is 5.26 Å². The van der Waals surface area contributed by atoms with Gasteiger partial charge in [0, 0.05) is 12.2 Å². The minimum atomic E-state index is -4.34. The smallest absolute Gasteiger partial charge is 0.384 e. The maximum absolute atomic E-state index is 12.5. The maximum Gasteiger partial charge on any atom is 0.416 e. The topological polar surface area (TPSA) is 35.8 Å². The van der Waals surface area contributed by atoms with Crippen molar-refractivity contribution in [3.05, 3.63) is 29.8 Å². The summed E-state index contributed by atoms with van der Waals surface area (Å²) >= 11 is 0. The second kappa shape index (κ2) is 5.76. The highest BCUT2D eigenvalue weighted by molar-refractivity contribution is 5.46. The van der Waals surface area contributed by atoms with Gasteiger partial charge in [-0.15, -0.1) is 0 Å². The molecule has 0 bridgehead atoms. The molecule has 0 fully saturated rings. The Morgan fingerprint density at radius 2 is 2.00 bits per heavy atom. The minimum absolute atomic E-state index is 0.160. The van der Waals surface area contributed by atoms with Crippen LogP contribution in [-0.4, -0.2) is 6.54 Å².